The number of carbonyl (C=O) groups is 1. The first-order valence-corrected chi connectivity index (χ1v) is 10.5. The quantitative estimate of drug-likeness (QED) is 0.463. The van der Waals surface area contributed by atoms with Crippen LogP contribution >= 0.6 is 0 Å². The first kappa shape index (κ1) is 23.5. The van der Waals surface area contributed by atoms with Crippen LogP contribution in [0.15, 0.2) is 24.3 Å². The Kier molecular flexibility index (Phi) is 7.64. The molecule has 3 rings (SSSR count). The molecule has 1 heterocycles. The Morgan fingerprint density at radius 2 is 1.78 bits per heavy atom. The molecule has 1 unspecified atom stereocenters. The molecule has 1 aliphatic rings. The molecule has 2 aromatic rings. The Bertz CT molecular complexity index is 1000. The summed E-state index contributed by atoms with van der Waals surface area (Å²) in [6.45, 7) is 4.38. The van der Waals surface area contributed by atoms with E-state index in [9.17, 15) is 9.90 Å². The predicted octanol–water partition coefficient (Wildman–Crippen LogP) is 4.84. The zero-order valence-electron chi connectivity index (χ0n) is 19.2. The average Bonchev–Trinajstić information content (AvgIpc) is 2.82. The Morgan fingerprint density at radius 1 is 1.03 bits per heavy atom. The van der Waals surface area contributed by atoms with Crippen LogP contribution in [0.1, 0.15) is 46.3 Å². The molecule has 0 saturated carbocycles. The second-order valence-electron chi connectivity index (χ2n) is 7.56. The van der Waals surface area contributed by atoms with Gasteiger partial charge in [0.25, 0.3) is 0 Å². The minimum atomic E-state index is -0.307. The normalized spacial score (nSPS) is 16.1. The topological polar surface area (TPSA) is 83.5 Å². The van der Waals surface area contributed by atoms with Gasteiger partial charge in [0, 0.05) is 12.0 Å². The fourth-order valence-electron chi connectivity index (χ4n) is 3.64. The van der Waals surface area contributed by atoms with Gasteiger partial charge >= 0.3 is 0 Å². The van der Waals surface area contributed by atoms with Crippen LogP contribution in [-0.4, -0.2) is 45.1 Å². The fraction of sp³-hybridized carbons (Fsp3) is 0.400. The second kappa shape index (κ2) is 10.4. The summed E-state index contributed by atoms with van der Waals surface area (Å²) < 4.78 is 27.7. The molecule has 1 N–H and O–H groups in total. The Balaban J connectivity index is 1.91. The zero-order valence-corrected chi connectivity index (χ0v) is 19.2. The van der Waals surface area contributed by atoms with Crippen LogP contribution in [0.2, 0.25) is 0 Å². The standard InChI is InChI=1S/C25H30O7/c1-15-16(2)23(27)17(14-21(15)32-22-8-6-7-13-31-22)9-11-19(26)18-10-12-20(28-3)25(30-5)24(18)29-4/h9-12,14,22,27H,6-8,13H2,1-5H3. The summed E-state index contributed by atoms with van der Waals surface area (Å²) >= 11 is 0. The monoisotopic (exact) mass is 442 g/mol. The van der Waals surface area contributed by atoms with Crippen LogP contribution in [0.4, 0.5) is 0 Å². The van der Waals surface area contributed by atoms with Crippen LogP contribution in [0.5, 0.6) is 28.7 Å². The highest BCUT2D eigenvalue weighted by atomic mass is 16.7. The van der Waals surface area contributed by atoms with Gasteiger partial charge in [0.1, 0.15) is 11.5 Å². The number of rotatable bonds is 8. The molecule has 1 atom stereocenters. The third-order valence-electron chi connectivity index (χ3n) is 5.63. The second-order valence-corrected chi connectivity index (χ2v) is 7.56. The number of carbonyl (C=O) groups excluding carboxylic acids is 1. The van der Waals surface area contributed by atoms with E-state index in [1.165, 1.54) is 27.4 Å². The number of aromatic hydroxyl groups is 1. The van der Waals surface area contributed by atoms with Gasteiger partial charge < -0.3 is 28.8 Å². The van der Waals surface area contributed by atoms with Crippen LogP contribution in [0.25, 0.3) is 6.08 Å². The molecule has 0 spiro atoms. The Morgan fingerprint density at radius 3 is 2.41 bits per heavy atom. The van der Waals surface area contributed by atoms with Gasteiger partial charge in [-0.1, -0.05) is 0 Å². The molecule has 172 valence electrons. The largest absolute Gasteiger partial charge is 0.507 e. The van der Waals surface area contributed by atoms with Crippen molar-refractivity contribution in [2.24, 2.45) is 0 Å². The number of phenolic OH excluding ortho intramolecular Hbond substituents is 1. The van der Waals surface area contributed by atoms with E-state index in [2.05, 4.69) is 0 Å². The third kappa shape index (κ3) is 4.83. The molecule has 0 radical (unpaired) electrons. The van der Waals surface area contributed by atoms with Crippen molar-refractivity contribution in [1.29, 1.82) is 0 Å². The van der Waals surface area contributed by atoms with E-state index in [1.807, 2.05) is 13.8 Å². The number of ether oxygens (including phenoxy) is 5. The van der Waals surface area contributed by atoms with Crippen LogP contribution < -0.4 is 18.9 Å². The molecule has 7 nitrogen and oxygen atoms in total. The summed E-state index contributed by atoms with van der Waals surface area (Å²) in [7, 11) is 4.46. The fourth-order valence-corrected chi connectivity index (χ4v) is 3.64. The molecule has 0 aromatic heterocycles. The maximum Gasteiger partial charge on any atom is 0.204 e. The number of ketones is 1. The van der Waals surface area contributed by atoms with Gasteiger partial charge in [-0.05, 0) is 68.2 Å². The van der Waals surface area contributed by atoms with Crippen LogP contribution in [0.3, 0.4) is 0 Å². The van der Waals surface area contributed by atoms with Gasteiger partial charge in [0.05, 0.1) is 33.5 Å². The van der Waals surface area contributed by atoms with E-state index in [4.69, 9.17) is 23.7 Å². The molecule has 2 aromatic carbocycles. The smallest absolute Gasteiger partial charge is 0.204 e. The highest BCUT2D eigenvalue weighted by Crippen LogP contribution is 2.40. The lowest BCUT2D eigenvalue weighted by Crippen LogP contribution is -2.25. The van der Waals surface area contributed by atoms with E-state index in [0.29, 0.717) is 40.5 Å². The average molecular weight is 443 g/mol. The lowest BCUT2D eigenvalue weighted by molar-refractivity contribution is -0.106. The molecule has 1 saturated heterocycles. The SMILES string of the molecule is COc1ccc(C(=O)C=Cc2cc(OC3CCCCO3)c(C)c(C)c2O)c(OC)c1OC. The van der Waals surface area contributed by atoms with Crippen molar-refractivity contribution in [3.8, 4) is 28.7 Å². The van der Waals surface area contributed by atoms with Crippen molar-refractivity contribution >= 4 is 11.9 Å². The van der Waals surface area contributed by atoms with E-state index in [0.717, 1.165) is 24.8 Å². The van der Waals surface area contributed by atoms with Gasteiger partial charge in [0.15, 0.2) is 23.6 Å². The molecule has 1 fully saturated rings. The van der Waals surface area contributed by atoms with E-state index in [-0.39, 0.29) is 23.6 Å². The number of benzene rings is 2. The van der Waals surface area contributed by atoms with Gasteiger partial charge in [-0.2, -0.15) is 0 Å². The zero-order chi connectivity index (χ0) is 23.3. The summed E-state index contributed by atoms with van der Waals surface area (Å²) in [5.74, 6) is 1.50. The summed E-state index contributed by atoms with van der Waals surface area (Å²) in [5.41, 5.74) is 2.32. The number of methoxy groups -OCH3 is 3. The van der Waals surface area contributed by atoms with E-state index in [1.54, 1.807) is 24.3 Å². The molecule has 32 heavy (non-hydrogen) atoms. The first-order chi connectivity index (χ1) is 15.4. The van der Waals surface area contributed by atoms with Gasteiger partial charge in [0.2, 0.25) is 5.75 Å². The highest BCUT2D eigenvalue weighted by Gasteiger charge is 2.21. The number of phenols is 1. The summed E-state index contributed by atoms with van der Waals surface area (Å²) in [6.07, 6.45) is 5.55. The van der Waals surface area contributed by atoms with Crippen LogP contribution in [-0.2, 0) is 4.74 Å². The van der Waals surface area contributed by atoms with Crippen LogP contribution in [0, 0.1) is 13.8 Å². The number of allylic oxidation sites excluding steroid dienone is 1. The summed E-state index contributed by atoms with van der Waals surface area (Å²) in [4.78, 5) is 12.9. The highest BCUT2D eigenvalue weighted by molar-refractivity contribution is 6.09. The van der Waals surface area contributed by atoms with Crippen molar-refractivity contribution in [3.63, 3.8) is 0 Å². The molecule has 0 aliphatic carbocycles. The number of hydrogen-bond acceptors (Lipinski definition) is 7. The first-order valence-electron chi connectivity index (χ1n) is 10.5. The lowest BCUT2D eigenvalue weighted by Gasteiger charge is -2.25. The minimum Gasteiger partial charge on any atom is -0.507 e. The van der Waals surface area contributed by atoms with Crippen molar-refractivity contribution in [3.05, 3.63) is 46.5 Å². The molecule has 0 bridgehead atoms. The van der Waals surface area contributed by atoms with Gasteiger partial charge in [-0.15, -0.1) is 0 Å². The maximum absolute atomic E-state index is 12.9. The maximum atomic E-state index is 12.9. The minimum absolute atomic E-state index is 0.0998. The summed E-state index contributed by atoms with van der Waals surface area (Å²) in [5, 5.41) is 10.6. The number of hydrogen-bond donors (Lipinski definition) is 1. The van der Waals surface area contributed by atoms with Crippen molar-refractivity contribution < 1.29 is 33.6 Å². The van der Waals surface area contributed by atoms with Gasteiger partial charge in [-0.25, -0.2) is 0 Å². The molecule has 0 amide bonds. The Hall–Kier alpha value is -3.19. The molecular weight excluding hydrogens is 412 g/mol. The van der Waals surface area contributed by atoms with Crippen molar-refractivity contribution in [1.82, 2.24) is 0 Å². The molecule has 1 aliphatic heterocycles. The van der Waals surface area contributed by atoms with Gasteiger partial charge in [-0.3, -0.25) is 4.79 Å². The Labute approximate surface area is 188 Å². The van der Waals surface area contributed by atoms with Crippen molar-refractivity contribution in [2.45, 2.75) is 39.4 Å². The van der Waals surface area contributed by atoms with Crippen molar-refractivity contribution in [2.75, 3.05) is 27.9 Å². The van der Waals surface area contributed by atoms with E-state index < -0.39 is 0 Å². The van der Waals surface area contributed by atoms with E-state index >= 15 is 0 Å². The molecule has 7 heteroatoms. The summed E-state index contributed by atoms with van der Waals surface area (Å²) in [6, 6.07) is 4.99. The third-order valence-corrected chi connectivity index (χ3v) is 5.63. The lowest BCUT2D eigenvalue weighted by atomic mass is 10.0. The predicted molar refractivity (Wildman–Crippen MR) is 121 cm³/mol. The molecular formula is C25H30O7.